The molecule has 1 aromatic carbocycles. The quantitative estimate of drug-likeness (QED) is 0.856. The summed E-state index contributed by atoms with van der Waals surface area (Å²) in [4.78, 5) is 23.1. The summed E-state index contributed by atoms with van der Waals surface area (Å²) in [6.07, 6.45) is 2.19. The van der Waals surface area contributed by atoms with Crippen LogP contribution in [0.25, 0.3) is 0 Å². The first-order valence-electron chi connectivity index (χ1n) is 6.27. The molecule has 2 rings (SSSR count). The Labute approximate surface area is 116 Å². The number of rotatable bonds is 4. The van der Waals surface area contributed by atoms with Gasteiger partial charge in [0.25, 0.3) is 0 Å². The van der Waals surface area contributed by atoms with Gasteiger partial charge >= 0.3 is 11.9 Å². The molecule has 1 aliphatic rings. The van der Waals surface area contributed by atoms with Gasteiger partial charge in [0, 0.05) is 5.69 Å². The fourth-order valence-electron chi connectivity index (χ4n) is 2.25. The van der Waals surface area contributed by atoms with Crippen molar-refractivity contribution in [3.63, 3.8) is 0 Å². The average Bonchev–Trinajstić information content (AvgIpc) is 2.41. The zero-order valence-electron chi connectivity index (χ0n) is 11.4. The monoisotopic (exact) mass is 281 g/mol. The van der Waals surface area contributed by atoms with Gasteiger partial charge in [0.1, 0.15) is 11.4 Å². The van der Waals surface area contributed by atoms with E-state index in [1.807, 2.05) is 0 Å². The molecule has 0 atom stereocenters. The van der Waals surface area contributed by atoms with E-state index < -0.39 is 17.3 Å². The summed E-state index contributed by atoms with van der Waals surface area (Å²) < 4.78 is 23.1. The van der Waals surface area contributed by atoms with Gasteiger partial charge < -0.3 is 14.8 Å². The largest absolute Gasteiger partial charge is 0.467 e. The molecule has 1 saturated carbocycles. The Morgan fingerprint density at radius 2 is 1.95 bits per heavy atom. The molecule has 1 fully saturated rings. The first-order chi connectivity index (χ1) is 9.52. The maximum absolute atomic E-state index is 13.8. The third-order valence-corrected chi connectivity index (χ3v) is 3.54. The van der Waals surface area contributed by atoms with Crippen LogP contribution >= 0.6 is 0 Å². The predicted octanol–water partition coefficient (Wildman–Crippen LogP) is 2.12. The van der Waals surface area contributed by atoms with E-state index in [1.165, 1.54) is 26.4 Å². The lowest BCUT2D eigenvalue weighted by Gasteiger charge is -2.40. The van der Waals surface area contributed by atoms with Crippen molar-refractivity contribution in [2.45, 2.75) is 24.8 Å². The number of methoxy groups -OCH3 is 2. The lowest BCUT2D eigenvalue weighted by atomic mass is 9.76. The van der Waals surface area contributed by atoms with E-state index in [-0.39, 0.29) is 11.5 Å². The molecular formula is C14H16FNO4. The molecule has 0 aromatic heterocycles. The van der Waals surface area contributed by atoms with Crippen LogP contribution in [0, 0.1) is 5.82 Å². The Kier molecular flexibility index (Phi) is 3.92. The summed E-state index contributed by atoms with van der Waals surface area (Å²) >= 11 is 0. The first-order valence-corrected chi connectivity index (χ1v) is 6.27. The number of hydrogen-bond acceptors (Lipinski definition) is 5. The van der Waals surface area contributed by atoms with Crippen LogP contribution in [0.2, 0.25) is 0 Å². The Morgan fingerprint density at radius 3 is 2.40 bits per heavy atom. The molecular weight excluding hydrogens is 265 g/mol. The highest BCUT2D eigenvalue weighted by atomic mass is 19.1. The maximum atomic E-state index is 13.8. The Morgan fingerprint density at radius 1 is 1.25 bits per heavy atom. The van der Waals surface area contributed by atoms with Gasteiger partial charge in [0.2, 0.25) is 0 Å². The van der Waals surface area contributed by atoms with Gasteiger partial charge in [-0.3, -0.25) is 0 Å². The second-order valence-corrected chi connectivity index (χ2v) is 4.74. The van der Waals surface area contributed by atoms with Crippen LogP contribution in [0.5, 0.6) is 0 Å². The second-order valence-electron chi connectivity index (χ2n) is 4.74. The summed E-state index contributed by atoms with van der Waals surface area (Å²) in [6.45, 7) is 0. The zero-order valence-corrected chi connectivity index (χ0v) is 11.4. The number of anilines is 1. The van der Waals surface area contributed by atoms with Crippen molar-refractivity contribution >= 4 is 17.6 Å². The molecule has 0 bridgehead atoms. The third-order valence-electron chi connectivity index (χ3n) is 3.54. The summed E-state index contributed by atoms with van der Waals surface area (Å²) in [6, 6.07) is 4.04. The molecule has 6 heteroatoms. The SMILES string of the molecule is COC(=O)c1ccc(NC2(C(=O)OC)CCC2)cc1F. The van der Waals surface area contributed by atoms with Crippen molar-refractivity contribution in [3.05, 3.63) is 29.6 Å². The molecule has 0 unspecified atom stereocenters. The van der Waals surface area contributed by atoms with E-state index in [9.17, 15) is 14.0 Å². The lowest BCUT2D eigenvalue weighted by molar-refractivity contribution is -0.149. The van der Waals surface area contributed by atoms with Gasteiger partial charge in [-0.25, -0.2) is 14.0 Å². The fourth-order valence-corrected chi connectivity index (χ4v) is 2.25. The lowest BCUT2D eigenvalue weighted by Crippen LogP contribution is -2.52. The van der Waals surface area contributed by atoms with E-state index in [0.29, 0.717) is 18.5 Å². The normalized spacial score (nSPS) is 15.9. The van der Waals surface area contributed by atoms with Crippen LogP contribution in [0.4, 0.5) is 10.1 Å². The number of benzene rings is 1. The highest BCUT2D eigenvalue weighted by Crippen LogP contribution is 2.36. The molecule has 1 aliphatic carbocycles. The minimum Gasteiger partial charge on any atom is -0.467 e. The molecule has 0 aliphatic heterocycles. The van der Waals surface area contributed by atoms with Gasteiger partial charge in [0.05, 0.1) is 19.8 Å². The smallest absolute Gasteiger partial charge is 0.340 e. The third kappa shape index (κ3) is 2.45. The van der Waals surface area contributed by atoms with Crippen molar-refractivity contribution in [2.75, 3.05) is 19.5 Å². The minimum atomic E-state index is -0.784. The van der Waals surface area contributed by atoms with Gasteiger partial charge in [-0.15, -0.1) is 0 Å². The summed E-state index contributed by atoms with van der Waals surface area (Å²) in [5.41, 5.74) is -0.493. The molecule has 0 radical (unpaired) electrons. The summed E-state index contributed by atoms with van der Waals surface area (Å²) in [5, 5.41) is 3.00. The first kappa shape index (κ1) is 14.3. The molecule has 1 N–H and O–H groups in total. The molecule has 5 nitrogen and oxygen atoms in total. The molecule has 108 valence electrons. The second kappa shape index (κ2) is 5.48. The van der Waals surface area contributed by atoms with Gasteiger partial charge in [0.15, 0.2) is 0 Å². The van der Waals surface area contributed by atoms with Crippen molar-refractivity contribution in [1.82, 2.24) is 0 Å². The average molecular weight is 281 g/mol. The number of halogens is 1. The molecule has 0 amide bonds. The van der Waals surface area contributed by atoms with Crippen molar-refractivity contribution in [1.29, 1.82) is 0 Å². The number of carbonyl (C=O) groups excluding carboxylic acids is 2. The predicted molar refractivity (Wildman–Crippen MR) is 70.0 cm³/mol. The van der Waals surface area contributed by atoms with Crippen molar-refractivity contribution < 1.29 is 23.5 Å². The maximum Gasteiger partial charge on any atom is 0.340 e. The summed E-state index contributed by atoms with van der Waals surface area (Å²) in [7, 11) is 2.51. The van der Waals surface area contributed by atoms with Crippen LogP contribution in [0.15, 0.2) is 18.2 Å². The number of nitrogens with one attached hydrogen (secondary N) is 1. The topological polar surface area (TPSA) is 64.6 Å². The minimum absolute atomic E-state index is 0.140. The molecule has 0 heterocycles. The van der Waals surface area contributed by atoms with Crippen LogP contribution in [-0.4, -0.2) is 31.7 Å². The Bertz CT molecular complexity index is 540. The van der Waals surface area contributed by atoms with E-state index in [0.717, 1.165) is 6.42 Å². The molecule has 1 aromatic rings. The van der Waals surface area contributed by atoms with E-state index in [2.05, 4.69) is 10.1 Å². The van der Waals surface area contributed by atoms with Crippen LogP contribution in [-0.2, 0) is 14.3 Å². The standard InChI is InChI=1S/C14H16FNO4/c1-19-12(17)10-5-4-9(8-11(10)15)16-14(6-3-7-14)13(18)20-2/h4-5,8,16H,3,6-7H2,1-2H3. The number of ether oxygens (including phenoxy) is 2. The van der Waals surface area contributed by atoms with E-state index in [1.54, 1.807) is 6.07 Å². The zero-order chi connectivity index (χ0) is 14.8. The molecule has 0 spiro atoms. The van der Waals surface area contributed by atoms with E-state index in [4.69, 9.17) is 4.74 Å². The van der Waals surface area contributed by atoms with Crippen molar-refractivity contribution in [3.8, 4) is 0 Å². The number of esters is 2. The van der Waals surface area contributed by atoms with Crippen LogP contribution < -0.4 is 5.32 Å². The molecule has 0 saturated heterocycles. The fraction of sp³-hybridized carbons (Fsp3) is 0.429. The van der Waals surface area contributed by atoms with Gasteiger partial charge in [-0.05, 0) is 37.5 Å². The Balaban J connectivity index is 2.20. The van der Waals surface area contributed by atoms with Gasteiger partial charge in [-0.1, -0.05) is 0 Å². The number of carbonyl (C=O) groups is 2. The Hall–Kier alpha value is -2.11. The van der Waals surface area contributed by atoms with Crippen molar-refractivity contribution in [2.24, 2.45) is 0 Å². The number of hydrogen-bond donors (Lipinski definition) is 1. The van der Waals surface area contributed by atoms with E-state index >= 15 is 0 Å². The summed E-state index contributed by atoms with van der Waals surface area (Å²) in [5.74, 6) is -1.79. The molecule has 20 heavy (non-hydrogen) atoms. The highest BCUT2D eigenvalue weighted by molar-refractivity contribution is 5.90. The van der Waals surface area contributed by atoms with Crippen LogP contribution in [0.3, 0.4) is 0 Å². The highest BCUT2D eigenvalue weighted by Gasteiger charge is 2.45. The van der Waals surface area contributed by atoms with Crippen LogP contribution in [0.1, 0.15) is 29.6 Å². The van der Waals surface area contributed by atoms with Gasteiger partial charge in [-0.2, -0.15) is 0 Å².